The molecule has 0 bridgehead atoms. The highest BCUT2D eigenvalue weighted by Gasteiger charge is 2.16. The molecule has 4 nitrogen and oxygen atoms in total. The molecule has 4 heteroatoms. The lowest BCUT2D eigenvalue weighted by molar-refractivity contribution is -0.130. The van der Waals surface area contributed by atoms with Crippen LogP contribution in [0.5, 0.6) is 0 Å². The molecule has 1 aromatic rings. The highest BCUT2D eigenvalue weighted by atomic mass is 16.3. The largest absolute Gasteiger partial charge is 0.469 e. The Labute approximate surface area is 103 Å². The van der Waals surface area contributed by atoms with Crippen molar-refractivity contribution in [1.29, 1.82) is 0 Å². The van der Waals surface area contributed by atoms with E-state index in [1.807, 2.05) is 26.8 Å². The van der Waals surface area contributed by atoms with Crippen LogP contribution < -0.4 is 5.73 Å². The van der Waals surface area contributed by atoms with E-state index in [0.717, 1.165) is 11.3 Å². The summed E-state index contributed by atoms with van der Waals surface area (Å²) < 4.78 is 5.20. The van der Waals surface area contributed by atoms with Crippen molar-refractivity contribution < 1.29 is 9.21 Å². The maximum absolute atomic E-state index is 11.9. The molecule has 1 rings (SSSR count). The number of carbonyl (C=O) groups is 1. The summed E-state index contributed by atoms with van der Waals surface area (Å²) in [6.07, 6.45) is 2.82. The van der Waals surface area contributed by atoms with Crippen LogP contribution in [0.2, 0.25) is 0 Å². The summed E-state index contributed by atoms with van der Waals surface area (Å²) in [6, 6.07) is 1.89. The highest BCUT2D eigenvalue weighted by Crippen LogP contribution is 2.13. The highest BCUT2D eigenvalue weighted by molar-refractivity contribution is 5.75. The Hall–Kier alpha value is -1.29. The lowest BCUT2D eigenvalue weighted by atomic mass is 10.00. The first kappa shape index (κ1) is 13.8. The van der Waals surface area contributed by atoms with Gasteiger partial charge in [-0.3, -0.25) is 4.79 Å². The lowest BCUT2D eigenvalue weighted by Gasteiger charge is -2.21. The molecule has 0 saturated heterocycles. The summed E-state index contributed by atoms with van der Waals surface area (Å²) >= 11 is 0. The second-order valence-corrected chi connectivity index (χ2v) is 5.24. The number of hydrogen-bond acceptors (Lipinski definition) is 3. The molecule has 0 aliphatic carbocycles. The quantitative estimate of drug-likeness (QED) is 0.854. The summed E-state index contributed by atoms with van der Waals surface area (Å²) in [7, 11) is 1.80. The van der Waals surface area contributed by atoms with Crippen LogP contribution in [-0.2, 0) is 11.3 Å². The molecule has 0 aliphatic heterocycles. The summed E-state index contributed by atoms with van der Waals surface area (Å²) in [5.41, 5.74) is 6.62. The smallest absolute Gasteiger partial charge is 0.222 e. The van der Waals surface area contributed by atoms with E-state index in [0.29, 0.717) is 19.4 Å². The van der Waals surface area contributed by atoms with Gasteiger partial charge in [-0.25, -0.2) is 0 Å². The topological polar surface area (TPSA) is 59.5 Å². The zero-order valence-corrected chi connectivity index (χ0v) is 11.1. The van der Waals surface area contributed by atoms with Crippen LogP contribution in [0, 0.1) is 6.92 Å². The molecule has 2 N–H and O–H groups in total. The van der Waals surface area contributed by atoms with Gasteiger partial charge in [0.05, 0.1) is 6.26 Å². The molecule has 0 atom stereocenters. The fourth-order valence-corrected chi connectivity index (χ4v) is 1.54. The molecule has 0 spiro atoms. The maximum atomic E-state index is 11.9. The van der Waals surface area contributed by atoms with Crippen molar-refractivity contribution in [1.82, 2.24) is 4.90 Å². The Morgan fingerprint density at radius 2 is 2.18 bits per heavy atom. The molecular weight excluding hydrogens is 216 g/mol. The summed E-state index contributed by atoms with van der Waals surface area (Å²) in [6.45, 7) is 6.35. The number of furan rings is 1. The summed E-state index contributed by atoms with van der Waals surface area (Å²) in [4.78, 5) is 13.6. The normalized spacial score (nSPS) is 11.6. The van der Waals surface area contributed by atoms with Gasteiger partial charge in [0.2, 0.25) is 5.91 Å². The maximum Gasteiger partial charge on any atom is 0.222 e. The molecule has 17 heavy (non-hydrogen) atoms. The SMILES string of the molecule is Cc1occc1CN(C)C(=O)CCC(C)(C)N. The Morgan fingerprint density at radius 1 is 1.53 bits per heavy atom. The van der Waals surface area contributed by atoms with Crippen LogP contribution in [0.1, 0.15) is 38.0 Å². The zero-order chi connectivity index (χ0) is 13.1. The van der Waals surface area contributed by atoms with Crippen molar-refractivity contribution in [2.24, 2.45) is 5.73 Å². The number of rotatable bonds is 5. The monoisotopic (exact) mass is 238 g/mol. The predicted octanol–water partition coefficient (Wildman–Crippen LogP) is 2.06. The van der Waals surface area contributed by atoms with Gasteiger partial charge in [0.25, 0.3) is 0 Å². The number of hydrogen-bond donors (Lipinski definition) is 1. The van der Waals surface area contributed by atoms with Crippen molar-refractivity contribution in [3.05, 3.63) is 23.7 Å². The molecule has 0 aliphatic rings. The van der Waals surface area contributed by atoms with E-state index < -0.39 is 0 Å². The average Bonchev–Trinajstić information content (AvgIpc) is 2.59. The van der Waals surface area contributed by atoms with Gasteiger partial charge in [-0.2, -0.15) is 0 Å². The fraction of sp³-hybridized carbons (Fsp3) is 0.615. The van der Waals surface area contributed by atoms with Crippen LogP contribution in [-0.4, -0.2) is 23.4 Å². The van der Waals surface area contributed by atoms with E-state index in [1.54, 1.807) is 18.2 Å². The third-order valence-corrected chi connectivity index (χ3v) is 2.78. The standard InChI is InChI=1S/C13H22N2O2/c1-10-11(6-8-17-10)9-15(4)12(16)5-7-13(2,3)14/h6,8H,5,7,9,14H2,1-4H3. The lowest BCUT2D eigenvalue weighted by Crippen LogP contribution is -2.34. The van der Waals surface area contributed by atoms with Gasteiger partial charge in [-0.05, 0) is 33.3 Å². The number of aryl methyl sites for hydroxylation is 1. The van der Waals surface area contributed by atoms with Crippen molar-refractivity contribution in [3.8, 4) is 0 Å². The first-order valence-corrected chi connectivity index (χ1v) is 5.85. The average molecular weight is 238 g/mol. The van der Waals surface area contributed by atoms with Crippen molar-refractivity contribution in [2.75, 3.05) is 7.05 Å². The van der Waals surface area contributed by atoms with Gasteiger partial charge in [-0.1, -0.05) is 0 Å². The second kappa shape index (κ2) is 5.36. The minimum Gasteiger partial charge on any atom is -0.469 e. The van der Waals surface area contributed by atoms with E-state index in [9.17, 15) is 4.79 Å². The summed E-state index contributed by atoms with van der Waals surface area (Å²) in [5, 5.41) is 0. The van der Waals surface area contributed by atoms with Crippen molar-refractivity contribution >= 4 is 5.91 Å². The number of nitrogens with two attached hydrogens (primary N) is 1. The van der Waals surface area contributed by atoms with Gasteiger partial charge in [0, 0.05) is 31.1 Å². The zero-order valence-electron chi connectivity index (χ0n) is 11.1. The van der Waals surface area contributed by atoms with Gasteiger partial charge in [0.15, 0.2) is 0 Å². The van der Waals surface area contributed by atoms with Gasteiger partial charge in [0.1, 0.15) is 5.76 Å². The Balaban J connectivity index is 2.45. The number of amides is 1. The number of nitrogens with zero attached hydrogens (tertiary/aromatic N) is 1. The molecular formula is C13H22N2O2. The fourth-order valence-electron chi connectivity index (χ4n) is 1.54. The van der Waals surface area contributed by atoms with E-state index in [4.69, 9.17) is 10.2 Å². The van der Waals surface area contributed by atoms with Crippen molar-refractivity contribution in [2.45, 2.75) is 45.7 Å². The third kappa shape index (κ3) is 4.61. The Kier molecular flexibility index (Phi) is 4.34. The van der Waals surface area contributed by atoms with E-state index in [-0.39, 0.29) is 11.4 Å². The van der Waals surface area contributed by atoms with Gasteiger partial charge < -0.3 is 15.1 Å². The van der Waals surface area contributed by atoms with Crippen LogP contribution in [0.3, 0.4) is 0 Å². The molecule has 0 saturated carbocycles. The first-order chi connectivity index (χ1) is 7.79. The van der Waals surface area contributed by atoms with Crippen LogP contribution in [0.15, 0.2) is 16.7 Å². The van der Waals surface area contributed by atoms with E-state index in [1.165, 1.54) is 0 Å². The summed E-state index contributed by atoms with van der Waals surface area (Å²) in [5.74, 6) is 0.980. The Bertz CT molecular complexity index is 377. The van der Waals surface area contributed by atoms with E-state index >= 15 is 0 Å². The number of carbonyl (C=O) groups excluding carboxylic acids is 1. The van der Waals surface area contributed by atoms with Crippen LogP contribution >= 0.6 is 0 Å². The molecule has 1 aromatic heterocycles. The third-order valence-electron chi connectivity index (χ3n) is 2.78. The minimum absolute atomic E-state index is 0.115. The molecule has 0 unspecified atom stereocenters. The van der Waals surface area contributed by atoms with Gasteiger partial charge >= 0.3 is 0 Å². The first-order valence-electron chi connectivity index (χ1n) is 5.85. The molecule has 1 heterocycles. The predicted molar refractivity (Wildman–Crippen MR) is 67.4 cm³/mol. The van der Waals surface area contributed by atoms with Crippen LogP contribution in [0.25, 0.3) is 0 Å². The molecule has 96 valence electrons. The molecule has 0 radical (unpaired) electrons. The second-order valence-electron chi connectivity index (χ2n) is 5.24. The molecule has 0 aromatic carbocycles. The van der Waals surface area contributed by atoms with Crippen molar-refractivity contribution in [3.63, 3.8) is 0 Å². The van der Waals surface area contributed by atoms with Crippen LogP contribution in [0.4, 0.5) is 0 Å². The Morgan fingerprint density at radius 3 is 2.65 bits per heavy atom. The van der Waals surface area contributed by atoms with Gasteiger partial charge in [-0.15, -0.1) is 0 Å². The minimum atomic E-state index is -0.290. The molecule has 1 amide bonds. The van der Waals surface area contributed by atoms with E-state index in [2.05, 4.69) is 0 Å². The molecule has 0 fully saturated rings.